The maximum atomic E-state index is 15.2. The average molecular weight is 870 g/mol. The number of rotatable bonds is 18. The number of benzene rings is 3. The summed E-state index contributed by atoms with van der Waals surface area (Å²) in [7, 11) is -2.67. The van der Waals surface area contributed by atoms with Crippen molar-refractivity contribution >= 4 is 38.4 Å². The number of hydrogen-bond acceptors (Lipinski definition) is 11. The first-order chi connectivity index (χ1) is 29.3. The SMILES string of the molecule is C=CCOC12Oc3ccc(Oc4ccc(SC)cc4)cc3C3C(CCCCO)C(CCCCO)C=C(C(=NOC(C)(C)C)CC1N(C)S(=O)(=O)c1cccc4cccnc14)C32. The molecule has 61 heavy (non-hydrogen) atoms. The highest BCUT2D eigenvalue weighted by atomic mass is 32.2. The van der Waals surface area contributed by atoms with Gasteiger partial charge in [0.05, 0.1) is 29.8 Å². The fourth-order valence-corrected chi connectivity index (χ4v) is 11.3. The van der Waals surface area contributed by atoms with Crippen LogP contribution in [0.5, 0.6) is 17.2 Å². The van der Waals surface area contributed by atoms with Crippen LogP contribution in [0.1, 0.15) is 77.2 Å². The molecule has 326 valence electrons. The largest absolute Gasteiger partial charge is 0.460 e. The van der Waals surface area contributed by atoms with Crippen molar-refractivity contribution in [2.24, 2.45) is 22.9 Å². The van der Waals surface area contributed by atoms with E-state index in [9.17, 15) is 10.2 Å². The van der Waals surface area contributed by atoms with E-state index in [0.29, 0.717) is 46.7 Å². The Balaban J connectivity index is 1.46. The third kappa shape index (κ3) is 9.28. The molecule has 11 nitrogen and oxygen atoms in total. The summed E-state index contributed by atoms with van der Waals surface area (Å²) in [6.07, 6.45) is 12.2. The van der Waals surface area contributed by atoms with Crippen molar-refractivity contribution in [2.75, 3.05) is 33.1 Å². The van der Waals surface area contributed by atoms with E-state index in [1.165, 1.54) is 4.31 Å². The minimum absolute atomic E-state index is 0.0113. The molecular weight excluding hydrogens is 811 g/mol. The van der Waals surface area contributed by atoms with Crippen LogP contribution in [0.25, 0.3) is 10.9 Å². The number of ether oxygens (including phenoxy) is 3. The molecule has 1 aliphatic heterocycles. The molecule has 3 aromatic carbocycles. The van der Waals surface area contributed by atoms with Crippen LogP contribution >= 0.6 is 11.8 Å². The average Bonchev–Trinajstić information content (AvgIpc) is 3.25. The summed E-state index contributed by atoms with van der Waals surface area (Å²) >= 11 is 1.66. The Morgan fingerprint density at radius 1 is 1.00 bits per heavy atom. The molecule has 13 heteroatoms. The van der Waals surface area contributed by atoms with Crippen LogP contribution in [0.3, 0.4) is 0 Å². The third-order valence-electron chi connectivity index (χ3n) is 12.1. The molecule has 0 saturated heterocycles. The minimum atomic E-state index is -4.25. The summed E-state index contributed by atoms with van der Waals surface area (Å²) in [5.41, 5.74) is 2.17. The summed E-state index contributed by atoms with van der Waals surface area (Å²) in [6.45, 7) is 10.1. The Bertz CT molecular complexity index is 2340. The van der Waals surface area contributed by atoms with Crippen LogP contribution in [-0.4, -0.2) is 84.2 Å². The predicted octanol–water partition coefficient (Wildman–Crippen LogP) is 9.50. The molecule has 0 spiro atoms. The number of oxime groups is 1. The van der Waals surface area contributed by atoms with Gasteiger partial charge in [0.15, 0.2) is 0 Å². The summed E-state index contributed by atoms with van der Waals surface area (Å²) in [4.78, 5) is 11.9. The number of para-hydroxylation sites is 1. The van der Waals surface area contributed by atoms with Crippen LogP contribution in [0.15, 0.2) is 118 Å². The quantitative estimate of drug-likeness (QED) is 0.0430. The first-order valence-electron chi connectivity index (χ1n) is 21.3. The van der Waals surface area contributed by atoms with Gasteiger partial charge >= 0.3 is 0 Å². The van der Waals surface area contributed by atoms with Crippen molar-refractivity contribution in [2.45, 2.75) is 98.9 Å². The number of hydrogen-bond donors (Lipinski definition) is 2. The normalized spacial score (nSPS) is 24.2. The smallest absolute Gasteiger partial charge is 0.245 e. The number of fused-ring (bicyclic) bond motifs is 3. The molecule has 2 aliphatic carbocycles. The number of allylic oxidation sites excluding steroid dienone is 1. The molecule has 0 radical (unpaired) electrons. The highest BCUT2D eigenvalue weighted by molar-refractivity contribution is 7.98. The molecule has 0 amide bonds. The maximum absolute atomic E-state index is 15.2. The van der Waals surface area contributed by atoms with Crippen LogP contribution in [0.2, 0.25) is 0 Å². The number of nitrogens with zero attached hydrogens (tertiary/aromatic N) is 3. The zero-order chi connectivity index (χ0) is 43.4. The lowest BCUT2D eigenvalue weighted by Gasteiger charge is -2.59. The van der Waals surface area contributed by atoms with E-state index in [1.54, 1.807) is 49.3 Å². The lowest BCUT2D eigenvalue weighted by molar-refractivity contribution is -0.250. The van der Waals surface area contributed by atoms with Crippen molar-refractivity contribution in [3.05, 3.63) is 109 Å². The number of thioether (sulfide) groups is 1. The highest BCUT2D eigenvalue weighted by Gasteiger charge is 2.66. The van der Waals surface area contributed by atoms with Crippen molar-refractivity contribution in [3.63, 3.8) is 0 Å². The molecule has 4 aromatic rings. The number of unbranched alkanes of at least 4 members (excludes halogenated alkanes) is 2. The molecule has 6 unspecified atom stereocenters. The van der Waals surface area contributed by atoms with Gasteiger partial charge in [0, 0.05) is 54.6 Å². The van der Waals surface area contributed by atoms with Gasteiger partial charge in [-0.15, -0.1) is 18.3 Å². The molecule has 2 N–H and O–H groups in total. The van der Waals surface area contributed by atoms with Crippen molar-refractivity contribution < 1.29 is 37.7 Å². The fourth-order valence-electron chi connectivity index (χ4n) is 9.35. The highest BCUT2D eigenvalue weighted by Crippen LogP contribution is 2.62. The van der Waals surface area contributed by atoms with Crippen LogP contribution in [-0.2, 0) is 19.6 Å². The monoisotopic (exact) mass is 869 g/mol. The van der Waals surface area contributed by atoms with Gasteiger partial charge in [0.25, 0.3) is 0 Å². The van der Waals surface area contributed by atoms with Gasteiger partial charge < -0.3 is 29.3 Å². The van der Waals surface area contributed by atoms with E-state index in [1.807, 2.05) is 75.6 Å². The fraction of sp³-hybridized carbons (Fsp3) is 0.458. The van der Waals surface area contributed by atoms with Crippen LogP contribution in [0, 0.1) is 17.8 Å². The second-order valence-corrected chi connectivity index (χ2v) is 20.0. The number of aromatic nitrogens is 1. The van der Waals surface area contributed by atoms with Gasteiger partial charge in [-0.3, -0.25) is 4.98 Å². The van der Waals surface area contributed by atoms with Crippen LogP contribution < -0.4 is 9.47 Å². The van der Waals surface area contributed by atoms with E-state index in [-0.39, 0.29) is 48.9 Å². The second kappa shape index (κ2) is 19.0. The van der Waals surface area contributed by atoms with Gasteiger partial charge in [-0.05, 0) is 125 Å². The standard InChI is InChI=1S/C48H59N3O8S2/c1-7-28-56-48-43(51(5)61(54,55)42-18-12-15-32-16-13-25-49-46(32)42)31-40(50-59-47(2,3)4)38-29-33(14-8-10-26-52)37(17-9-11-27-53)44(45(38)48)39-30-35(21-24-41(39)58-48)57-34-19-22-36(60-6)23-20-34/h7,12-13,15-16,18-25,29-30,33,37,43-45,52-53H,1,8-11,14,17,26-28,31H2,2-6H3. The van der Waals surface area contributed by atoms with E-state index >= 15 is 8.42 Å². The van der Waals surface area contributed by atoms with E-state index in [0.717, 1.165) is 41.7 Å². The number of sulfonamides is 1. The molecule has 2 heterocycles. The van der Waals surface area contributed by atoms with Gasteiger partial charge in [-0.2, -0.15) is 4.31 Å². The van der Waals surface area contributed by atoms with Crippen molar-refractivity contribution in [1.29, 1.82) is 0 Å². The van der Waals surface area contributed by atoms with Crippen molar-refractivity contribution in [3.8, 4) is 17.2 Å². The lowest BCUT2D eigenvalue weighted by atomic mass is 9.55. The Morgan fingerprint density at radius 3 is 2.43 bits per heavy atom. The molecule has 0 bridgehead atoms. The molecule has 1 fully saturated rings. The molecule has 1 aromatic heterocycles. The van der Waals surface area contributed by atoms with E-state index < -0.39 is 33.4 Å². The maximum Gasteiger partial charge on any atom is 0.245 e. The van der Waals surface area contributed by atoms with E-state index in [4.69, 9.17) is 24.2 Å². The number of pyridine rings is 1. The molecule has 3 aliphatic rings. The topological polar surface area (TPSA) is 140 Å². The molecule has 1 saturated carbocycles. The lowest BCUT2D eigenvalue weighted by Crippen LogP contribution is -2.69. The Hall–Kier alpha value is -4.24. The Labute approximate surface area is 364 Å². The van der Waals surface area contributed by atoms with Gasteiger partial charge in [0.2, 0.25) is 15.8 Å². The van der Waals surface area contributed by atoms with Crippen molar-refractivity contribution in [1.82, 2.24) is 9.29 Å². The minimum Gasteiger partial charge on any atom is -0.460 e. The van der Waals surface area contributed by atoms with E-state index in [2.05, 4.69) is 23.7 Å². The number of aliphatic hydroxyl groups excluding tert-OH is 2. The molecule has 7 rings (SSSR count). The second-order valence-electron chi connectivity index (χ2n) is 17.1. The number of likely N-dealkylation sites (N-methyl/N-ethyl adjacent to an activating group) is 1. The summed E-state index contributed by atoms with van der Waals surface area (Å²) in [5, 5.41) is 25.4. The van der Waals surface area contributed by atoms with Gasteiger partial charge in [-0.1, -0.05) is 48.3 Å². The zero-order valence-electron chi connectivity index (χ0n) is 35.8. The molecule has 6 atom stereocenters. The third-order valence-corrected chi connectivity index (χ3v) is 14.7. The Morgan fingerprint density at radius 2 is 1.72 bits per heavy atom. The Kier molecular flexibility index (Phi) is 14.0. The summed E-state index contributed by atoms with van der Waals surface area (Å²) < 4.78 is 52.5. The zero-order valence-corrected chi connectivity index (χ0v) is 37.5. The predicted molar refractivity (Wildman–Crippen MR) is 241 cm³/mol. The van der Waals surface area contributed by atoms with Crippen LogP contribution in [0.4, 0.5) is 0 Å². The number of aliphatic hydroxyl groups is 2. The first-order valence-corrected chi connectivity index (χ1v) is 23.9. The van der Waals surface area contributed by atoms with Gasteiger partial charge in [0.1, 0.15) is 27.7 Å². The summed E-state index contributed by atoms with van der Waals surface area (Å²) in [6, 6.07) is 21.7. The summed E-state index contributed by atoms with van der Waals surface area (Å²) in [5.74, 6) is -0.414. The van der Waals surface area contributed by atoms with Gasteiger partial charge in [-0.25, -0.2) is 8.42 Å². The molecular formula is C48H59N3O8S2. The first kappa shape index (κ1) is 44.8.